The molecule has 1 heterocycles. The molecule has 2 rings (SSSR count). The van der Waals surface area contributed by atoms with Gasteiger partial charge in [-0.3, -0.25) is 9.59 Å². The minimum atomic E-state index is -0.272. The van der Waals surface area contributed by atoms with Crippen molar-refractivity contribution in [2.75, 3.05) is 31.2 Å². The van der Waals surface area contributed by atoms with Crippen LogP contribution in [0.25, 0.3) is 0 Å². The summed E-state index contributed by atoms with van der Waals surface area (Å²) in [7, 11) is 0. The van der Waals surface area contributed by atoms with E-state index in [2.05, 4.69) is 20.8 Å². The van der Waals surface area contributed by atoms with Crippen molar-refractivity contribution >= 4 is 17.4 Å². The van der Waals surface area contributed by atoms with Crippen LogP contribution in [0.4, 0.5) is 5.69 Å². The van der Waals surface area contributed by atoms with Crippen LogP contribution in [-0.2, 0) is 14.9 Å². The van der Waals surface area contributed by atoms with Gasteiger partial charge in [0.1, 0.15) is 18.9 Å². The molecular formula is C20H31NO4. The van der Waals surface area contributed by atoms with Gasteiger partial charge < -0.3 is 14.4 Å². The van der Waals surface area contributed by atoms with Crippen LogP contribution in [0.5, 0.6) is 5.75 Å². The van der Waals surface area contributed by atoms with Gasteiger partial charge in [-0.1, -0.05) is 34.6 Å². The van der Waals surface area contributed by atoms with Gasteiger partial charge in [-0.15, -0.1) is 0 Å². The third kappa shape index (κ3) is 5.21. The first-order valence-electron chi connectivity index (χ1n) is 8.97. The van der Waals surface area contributed by atoms with Crippen LogP contribution in [0.15, 0.2) is 12.1 Å². The first-order chi connectivity index (χ1) is 11.7. The highest BCUT2D eigenvalue weighted by Gasteiger charge is 2.29. The van der Waals surface area contributed by atoms with Gasteiger partial charge in [0.15, 0.2) is 5.78 Å². The monoisotopic (exact) mass is 349 g/mol. The van der Waals surface area contributed by atoms with Gasteiger partial charge in [0.05, 0.1) is 18.8 Å². The van der Waals surface area contributed by atoms with Crippen LogP contribution in [0, 0.1) is 0 Å². The van der Waals surface area contributed by atoms with Gasteiger partial charge in [0.25, 0.3) is 0 Å². The molecular weight excluding hydrogens is 318 g/mol. The van der Waals surface area contributed by atoms with Crippen LogP contribution in [0.3, 0.4) is 0 Å². The fourth-order valence-electron chi connectivity index (χ4n) is 2.67. The number of carbonyl (C=O) groups is 2. The lowest BCUT2D eigenvalue weighted by atomic mass is 9.84. The minimum Gasteiger partial charge on any atom is -0.489 e. The highest BCUT2D eigenvalue weighted by atomic mass is 16.5. The lowest BCUT2D eigenvalue weighted by Crippen LogP contribution is -2.38. The number of fused-ring (bicyclic) bond motifs is 1. The Balaban J connectivity index is 0.00000151. The Morgan fingerprint density at radius 3 is 2.40 bits per heavy atom. The van der Waals surface area contributed by atoms with Crippen molar-refractivity contribution in [3.05, 3.63) is 23.3 Å². The molecule has 140 valence electrons. The normalized spacial score (nSPS) is 13.2. The van der Waals surface area contributed by atoms with Gasteiger partial charge >= 0.3 is 5.97 Å². The molecule has 1 aromatic rings. The number of esters is 1. The first-order valence-corrected chi connectivity index (χ1v) is 8.97. The second-order valence-electron chi connectivity index (χ2n) is 6.75. The van der Waals surface area contributed by atoms with Gasteiger partial charge in [0, 0.05) is 11.1 Å². The Hall–Kier alpha value is -2.04. The van der Waals surface area contributed by atoms with Crippen molar-refractivity contribution in [2.45, 2.75) is 53.9 Å². The second kappa shape index (κ2) is 8.88. The van der Waals surface area contributed by atoms with Crippen LogP contribution in [0.1, 0.15) is 64.4 Å². The Bertz CT molecular complexity index is 617. The summed E-state index contributed by atoms with van der Waals surface area (Å²) in [5.41, 5.74) is 2.24. The molecule has 0 saturated heterocycles. The molecule has 25 heavy (non-hydrogen) atoms. The summed E-state index contributed by atoms with van der Waals surface area (Å²) in [6.07, 6.45) is 0. The van der Waals surface area contributed by atoms with Gasteiger partial charge in [-0.05, 0) is 31.4 Å². The maximum absolute atomic E-state index is 11.9. The number of hydrogen-bond donors (Lipinski definition) is 0. The summed E-state index contributed by atoms with van der Waals surface area (Å²) in [5, 5.41) is 0. The van der Waals surface area contributed by atoms with Crippen molar-refractivity contribution in [2.24, 2.45) is 0 Å². The smallest absolute Gasteiger partial charge is 0.325 e. The lowest BCUT2D eigenvalue weighted by molar-refractivity contribution is -0.141. The third-order valence-corrected chi connectivity index (χ3v) is 3.86. The van der Waals surface area contributed by atoms with Crippen LogP contribution >= 0.6 is 0 Å². The van der Waals surface area contributed by atoms with E-state index < -0.39 is 0 Å². The van der Waals surface area contributed by atoms with Crippen molar-refractivity contribution in [3.63, 3.8) is 0 Å². The second-order valence-corrected chi connectivity index (χ2v) is 6.75. The maximum atomic E-state index is 11.9. The fourth-order valence-corrected chi connectivity index (χ4v) is 2.67. The third-order valence-electron chi connectivity index (χ3n) is 3.86. The molecule has 5 heteroatoms. The molecule has 0 saturated carbocycles. The van der Waals surface area contributed by atoms with Crippen molar-refractivity contribution < 1.29 is 19.1 Å². The highest BCUT2D eigenvalue weighted by molar-refractivity contribution is 5.96. The molecule has 0 aromatic heterocycles. The molecule has 0 bridgehead atoms. The van der Waals surface area contributed by atoms with Crippen LogP contribution < -0.4 is 9.64 Å². The van der Waals surface area contributed by atoms with E-state index in [9.17, 15) is 9.59 Å². The Kier molecular flexibility index (Phi) is 7.46. The van der Waals surface area contributed by atoms with E-state index in [1.807, 2.05) is 30.9 Å². The molecule has 0 atom stereocenters. The number of benzene rings is 1. The molecule has 1 aliphatic rings. The predicted octanol–water partition coefficient (Wildman–Crippen LogP) is 3.97. The van der Waals surface area contributed by atoms with E-state index in [1.165, 1.54) is 0 Å². The van der Waals surface area contributed by atoms with Crippen LogP contribution in [-0.4, -0.2) is 38.1 Å². The zero-order valence-electron chi connectivity index (χ0n) is 16.6. The van der Waals surface area contributed by atoms with E-state index in [1.54, 1.807) is 13.8 Å². The number of carbonyl (C=O) groups excluding carboxylic acids is 2. The number of anilines is 1. The maximum Gasteiger partial charge on any atom is 0.325 e. The van der Waals surface area contributed by atoms with Crippen molar-refractivity contribution in [3.8, 4) is 5.75 Å². The molecule has 0 fully saturated rings. The number of nitrogens with zero attached hydrogens (tertiary/aromatic N) is 1. The van der Waals surface area contributed by atoms with E-state index >= 15 is 0 Å². The number of hydrogen-bond acceptors (Lipinski definition) is 5. The average Bonchev–Trinajstić information content (AvgIpc) is 2.55. The molecule has 5 nitrogen and oxygen atoms in total. The van der Waals surface area contributed by atoms with E-state index in [-0.39, 0.29) is 23.7 Å². The Morgan fingerprint density at radius 1 is 1.24 bits per heavy atom. The number of rotatable bonds is 4. The van der Waals surface area contributed by atoms with Gasteiger partial charge in [-0.2, -0.15) is 0 Å². The van der Waals surface area contributed by atoms with Gasteiger partial charge in [-0.25, -0.2) is 0 Å². The summed E-state index contributed by atoms with van der Waals surface area (Å²) in [5.74, 6) is 0.490. The van der Waals surface area contributed by atoms with E-state index in [0.717, 1.165) is 17.0 Å². The van der Waals surface area contributed by atoms with E-state index in [0.29, 0.717) is 25.3 Å². The summed E-state index contributed by atoms with van der Waals surface area (Å²) >= 11 is 0. The quantitative estimate of drug-likeness (QED) is 0.608. The first kappa shape index (κ1) is 21.0. The number of Topliss-reactive ketones (excluding diaryl/α,β-unsaturated/α-hetero) is 1. The Labute approximate surface area is 151 Å². The van der Waals surface area contributed by atoms with E-state index in [4.69, 9.17) is 9.47 Å². The van der Waals surface area contributed by atoms with Gasteiger partial charge in [0.2, 0.25) is 0 Å². The topological polar surface area (TPSA) is 55.8 Å². The predicted molar refractivity (Wildman–Crippen MR) is 101 cm³/mol. The van der Waals surface area contributed by atoms with Crippen molar-refractivity contribution in [1.29, 1.82) is 0 Å². The molecule has 0 N–H and O–H groups in total. The van der Waals surface area contributed by atoms with Crippen molar-refractivity contribution in [1.82, 2.24) is 0 Å². The molecule has 0 amide bonds. The molecule has 1 aliphatic heterocycles. The highest BCUT2D eigenvalue weighted by Crippen LogP contribution is 2.42. The zero-order chi connectivity index (χ0) is 19.2. The van der Waals surface area contributed by atoms with Crippen LogP contribution in [0.2, 0.25) is 0 Å². The number of ketones is 1. The standard InChI is InChI=1S/C18H25NO4.C2H6/c1-6-22-16(21)11-19-7-8-23-17-14(18(3,4)5)9-13(12(2)20)10-15(17)19;1-2/h9-10H,6-8,11H2,1-5H3;1-2H3. The number of ether oxygens (including phenoxy) is 2. The zero-order valence-corrected chi connectivity index (χ0v) is 16.6. The molecule has 0 aliphatic carbocycles. The largest absolute Gasteiger partial charge is 0.489 e. The minimum absolute atomic E-state index is 0.0000387. The summed E-state index contributed by atoms with van der Waals surface area (Å²) < 4.78 is 10.9. The molecule has 1 aromatic carbocycles. The lowest BCUT2D eigenvalue weighted by Gasteiger charge is -2.34. The summed E-state index contributed by atoms with van der Waals surface area (Å²) in [6.45, 7) is 15.2. The Morgan fingerprint density at radius 2 is 1.88 bits per heavy atom. The average molecular weight is 349 g/mol. The fraction of sp³-hybridized carbons (Fsp3) is 0.600. The molecule has 0 spiro atoms. The molecule has 0 unspecified atom stereocenters. The molecule has 0 radical (unpaired) electrons. The summed E-state index contributed by atoms with van der Waals surface area (Å²) in [6, 6.07) is 3.71. The summed E-state index contributed by atoms with van der Waals surface area (Å²) in [4.78, 5) is 25.7. The SMILES string of the molecule is CC.CCOC(=O)CN1CCOc2c1cc(C(C)=O)cc2C(C)(C)C.